The lowest BCUT2D eigenvalue weighted by Crippen LogP contribution is -2.54. The Morgan fingerprint density at radius 2 is 1.89 bits per heavy atom. The molecule has 10 nitrogen and oxygen atoms in total. The summed E-state index contributed by atoms with van der Waals surface area (Å²) < 4.78 is 34.7. The van der Waals surface area contributed by atoms with Crippen LogP contribution in [0, 0.1) is 0 Å². The number of anilines is 2. The first-order valence-electron chi connectivity index (χ1n) is 13.2. The van der Waals surface area contributed by atoms with Crippen LogP contribution in [0.25, 0.3) is 11.1 Å². The second-order valence-electron chi connectivity index (χ2n) is 10.5. The maximum Gasteiger partial charge on any atom is 0.278 e. The average Bonchev–Trinajstić information content (AvgIpc) is 3.66. The standard InChI is InChI=1S/C26H31N7O3S/c34-37(35)25-29-24(30-31-25)28-23-20-4-1-3-18(20)5-6-21(23)19-7-11-27-22(17-19)36-16-15-32-12-2-8-26(32)9-13-33(37)14-10-26/h5-7,11,17H,1-4,8-10,12-16H2,(H2,28,29,30,31). The summed E-state index contributed by atoms with van der Waals surface area (Å²) in [7, 11) is -3.76. The van der Waals surface area contributed by atoms with Crippen molar-refractivity contribution in [2.24, 2.45) is 0 Å². The predicted octanol–water partition coefficient (Wildman–Crippen LogP) is 3.11. The summed E-state index contributed by atoms with van der Waals surface area (Å²) in [5, 5.41) is 10.2. The van der Waals surface area contributed by atoms with Gasteiger partial charge < -0.3 is 10.1 Å². The number of hydrogen-bond donors (Lipinski definition) is 2. The van der Waals surface area contributed by atoms with Crippen LogP contribution in [0.5, 0.6) is 5.88 Å². The number of hydrogen-bond acceptors (Lipinski definition) is 8. The first-order valence-corrected chi connectivity index (χ1v) is 14.6. The van der Waals surface area contributed by atoms with Gasteiger partial charge in [0.05, 0.1) is 5.69 Å². The number of benzene rings is 1. The fourth-order valence-electron chi connectivity index (χ4n) is 6.67. The second kappa shape index (κ2) is 8.78. The van der Waals surface area contributed by atoms with Crippen LogP contribution in [0.4, 0.5) is 11.6 Å². The molecule has 11 heteroatoms. The third kappa shape index (κ3) is 3.91. The number of aromatic amines is 1. The number of nitrogens with zero attached hydrogens (tertiary/aromatic N) is 5. The molecule has 0 saturated carbocycles. The molecule has 0 radical (unpaired) electrons. The Kier molecular flexibility index (Phi) is 5.49. The number of pyridine rings is 1. The molecular weight excluding hydrogens is 490 g/mol. The maximum atomic E-state index is 13.5. The summed E-state index contributed by atoms with van der Waals surface area (Å²) >= 11 is 0. The van der Waals surface area contributed by atoms with Gasteiger partial charge in [0, 0.05) is 43.0 Å². The maximum absolute atomic E-state index is 13.5. The van der Waals surface area contributed by atoms with Crippen molar-refractivity contribution in [3.05, 3.63) is 41.6 Å². The van der Waals surface area contributed by atoms with E-state index in [1.807, 2.05) is 12.1 Å². The number of rotatable bonds is 0. The fraction of sp³-hybridized carbons (Fsp3) is 0.500. The number of nitrogens with one attached hydrogen (secondary N) is 2. The predicted molar refractivity (Wildman–Crippen MR) is 138 cm³/mol. The van der Waals surface area contributed by atoms with Crippen LogP contribution in [0.1, 0.15) is 43.2 Å². The molecule has 2 aromatic heterocycles. The molecule has 4 aliphatic heterocycles. The molecule has 8 rings (SSSR count). The van der Waals surface area contributed by atoms with E-state index in [4.69, 9.17) is 4.74 Å². The van der Waals surface area contributed by atoms with E-state index in [9.17, 15) is 8.42 Å². The monoisotopic (exact) mass is 521 g/mol. The van der Waals surface area contributed by atoms with Crippen LogP contribution in [-0.2, 0) is 22.9 Å². The van der Waals surface area contributed by atoms with E-state index < -0.39 is 10.0 Å². The summed E-state index contributed by atoms with van der Waals surface area (Å²) in [6.45, 7) is 3.31. The molecule has 2 saturated heterocycles. The molecule has 37 heavy (non-hydrogen) atoms. The zero-order valence-corrected chi connectivity index (χ0v) is 21.6. The first kappa shape index (κ1) is 23.1. The average molecular weight is 522 g/mol. The van der Waals surface area contributed by atoms with Gasteiger partial charge in [0.25, 0.3) is 15.2 Å². The van der Waals surface area contributed by atoms with Gasteiger partial charge >= 0.3 is 0 Å². The van der Waals surface area contributed by atoms with Crippen molar-refractivity contribution in [1.29, 1.82) is 0 Å². The Morgan fingerprint density at radius 3 is 2.78 bits per heavy atom. The Labute approximate surface area is 216 Å². The highest BCUT2D eigenvalue weighted by Gasteiger charge is 2.45. The molecule has 1 aliphatic carbocycles. The lowest BCUT2D eigenvalue weighted by molar-refractivity contribution is 0.0654. The largest absolute Gasteiger partial charge is 0.476 e. The lowest BCUT2D eigenvalue weighted by atomic mass is 9.86. The molecule has 1 aromatic carbocycles. The quantitative estimate of drug-likeness (QED) is 0.464. The van der Waals surface area contributed by atoms with Crippen molar-refractivity contribution in [3.63, 3.8) is 0 Å². The van der Waals surface area contributed by atoms with Gasteiger partial charge in [0.2, 0.25) is 11.8 Å². The van der Waals surface area contributed by atoms with Crippen LogP contribution < -0.4 is 10.1 Å². The van der Waals surface area contributed by atoms with E-state index in [0.717, 1.165) is 74.8 Å². The van der Waals surface area contributed by atoms with E-state index in [0.29, 0.717) is 25.6 Å². The van der Waals surface area contributed by atoms with Gasteiger partial charge in [-0.05, 0) is 74.2 Å². The molecule has 0 atom stereocenters. The summed E-state index contributed by atoms with van der Waals surface area (Å²) in [5.74, 6) is 0.863. The van der Waals surface area contributed by atoms with Gasteiger partial charge in [-0.1, -0.05) is 12.1 Å². The van der Waals surface area contributed by atoms with Gasteiger partial charge in [0.1, 0.15) is 6.61 Å². The van der Waals surface area contributed by atoms with Crippen LogP contribution in [0.3, 0.4) is 0 Å². The minimum absolute atomic E-state index is 0.0313. The number of fused-ring (bicyclic) bond motifs is 5. The topological polar surface area (TPSA) is 116 Å². The molecule has 2 N–H and O–H groups in total. The smallest absolute Gasteiger partial charge is 0.278 e. The zero-order chi connectivity index (χ0) is 25.0. The van der Waals surface area contributed by atoms with Crippen LogP contribution in [-0.4, -0.2) is 76.1 Å². The van der Waals surface area contributed by atoms with Gasteiger partial charge in [-0.3, -0.25) is 4.90 Å². The molecular formula is C26H31N7O3S. The van der Waals surface area contributed by atoms with Gasteiger partial charge in [-0.25, -0.2) is 18.5 Å². The van der Waals surface area contributed by atoms with Crippen molar-refractivity contribution in [1.82, 2.24) is 29.4 Å². The minimum Gasteiger partial charge on any atom is -0.476 e. The highest BCUT2D eigenvalue weighted by molar-refractivity contribution is 7.88. The molecule has 6 heterocycles. The number of sulfonamides is 1. The molecule has 0 unspecified atom stereocenters. The van der Waals surface area contributed by atoms with Crippen molar-refractivity contribution in [2.75, 3.05) is 38.1 Å². The Bertz CT molecular complexity index is 1450. The highest BCUT2D eigenvalue weighted by Crippen LogP contribution is 2.41. The van der Waals surface area contributed by atoms with E-state index in [2.05, 4.69) is 42.5 Å². The van der Waals surface area contributed by atoms with Crippen molar-refractivity contribution in [2.45, 2.75) is 55.6 Å². The van der Waals surface area contributed by atoms with Gasteiger partial charge in [0.15, 0.2) is 0 Å². The SMILES string of the molecule is O=S1(=O)c2nc(n[nH]2)Nc2c(ccc3c2CCC3)-c2ccnc(c2)OCCN2CCCC23CCN1CC3. The van der Waals surface area contributed by atoms with Gasteiger partial charge in [-0.15, -0.1) is 5.10 Å². The van der Waals surface area contributed by atoms with E-state index in [1.54, 1.807) is 10.5 Å². The summed E-state index contributed by atoms with van der Waals surface area (Å²) in [4.78, 5) is 11.4. The lowest BCUT2D eigenvalue weighted by Gasteiger charge is -2.44. The zero-order valence-electron chi connectivity index (χ0n) is 20.7. The van der Waals surface area contributed by atoms with Crippen molar-refractivity contribution < 1.29 is 13.2 Å². The van der Waals surface area contributed by atoms with E-state index in [-0.39, 0.29) is 16.6 Å². The molecule has 2 fully saturated rings. The molecule has 3 aromatic rings. The van der Waals surface area contributed by atoms with Crippen molar-refractivity contribution in [3.8, 4) is 17.0 Å². The molecule has 5 aliphatic rings. The summed E-state index contributed by atoms with van der Waals surface area (Å²) in [6.07, 6.45) is 8.65. The number of ether oxygens (including phenoxy) is 1. The van der Waals surface area contributed by atoms with Crippen molar-refractivity contribution >= 4 is 21.7 Å². The number of piperidine rings is 1. The summed E-state index contributed by atoms with van der Waals surface area (Å²) in [6, 6.07) is 8.24. The van der Waals surface area contributed by atoms with E-state index >= 15 is 0 Å². The molecule has 194 valence electrons. The fourth-order valence-corrected chi connectivity index (χ4v) is 7.94. The van der Waals surface area contributed by atoms with E-state index in [1.165, 1.54) is 11.1 Å². The van der Waals surface area contributed by atoms with Gasteiger partial charge in [-0.2, -0.15) is 9.29 Å². The summed E-state index contributed by atoms with van der Waals surface area (Å²) in [5.41, 5.74) is 5.44. The number of aromatic nitrogens is 4. The number of H-pyrrole nitrogens is 1. The van der Waals surface area contributed by atoms with Crippen LogP contribution in [0.15, 0.2) is 35.6 Å². The van der Waals surface area contributed by atoms with Crippen LogP contribution in [0.2, 0.25) is 0 Å². The molecule has 6 bridgehead atoms. The molecule has 1 spiro atoms. The third-order valence-corrected chi connectivity index (χ3v) is 10.3. The Morgan fingerprint density at radius 1 is 1.00 bits per heavy atom. The third-order valence-electron chi connectivity index (χ3n) is 8.62. The van der Waals surface area contributed by atoms with Crippen LogP contribution >= 0.6 is 0 Å². The Hall–Kier alpha value is -3.02. The first-order chi connectivity index (χ1) is 18.0. The number of aryl methyl sites for hydroxylation is 1. The molecule has 0 amide bonds. The Balaban J connectivity index is 1.32. The highest BCUT2D eigenvalue weighted by atomic mass is 32.2. The second-order valence-corrected chi connectivity index (χ2v) is 12.4. The normalized spacial score (nSPS) is 26.8. The minimum atomic E-state index is -3.76.